The smallest absolute Gasteiger partial charge is 0.176 e. The van der Waals surface area contributed by atoms with Crippen molar-refractivity contribution in [3.8, 4) is 17.2 Å². The number of Topliss-reactive ketones (excluding diaryl/α,β-unsaturated/α-hetero) is 1. The molecule has 2 aromatic carbocycles. The van der Waals surface area contributed by atoms with Crippen molar-refractivity contribution in [2.45, 2.75) is 32.1 Å². The normalized spacial score (nSPS) is 17.3. The lowest BCUT2D eigenvalue weighted by atomic mass is 9.87. The van der Waals surface area contributed by atoms with Crippen molar-refractivity contribution in [3.63, 3.8) is 0 Å². The zero-order valence-corrected chi connectivity index (χ0v) is 16.0. The van der Waals surface area contributed by atoms with Gasteiger partial charge >= 0.3 is 0 Å². The molecule has 1 unspecified atom stereocenters. The van der Waals surface area contributed by atoms with Gasteiger partial charge in [-0.15, -0.1) is 0 Å². The van der Waals surface area contributed by atoms with E-state index in [1.807, 2.05) is 12.1 Å². The SMILES string of the molecule is CC(=O)CCCN1CCc2c(cc(O)c(O)c2Cl)C(c2ccc(O)cc2)C1. The number of halogens is 1. The van der Waals surface area contributed by atoms with Crippen molar-refractivity contribution in [2.24, 2.45) is 0 Å². The van der Waals surface area contributed by atoms with Gasteiger partial charge in [-0.3, -0.25) is 0 Å². The summed E-state index contributed by atoms with van der Waals surface area (Å²) >= 11 is 6.35. The van der Waals surface area contributed by atoms with E-state index in [0.29, 0.717) is 19.4 Å². The minimum absolute atomic E-state index is 0.0653. The standard InChI is InChI=1S/C21H24ClNO4/c1-13(24)3-2-9-23-10-8-16-17(11-19(26)21(27)20(16)22)18(12-23)14-4-6-15(25)7-5-14/h4-7,11,18,25-27H,2-3,8-10,12H2,1H3. The van der Waals surface area contributed by atoms with E-state index in [2.05, 4.69) is 4.90 Å². The van der Waals surface area contributed by atoms with Gasteiger partial charge in [0.05, 0.1) is 5.02 Å². The molecule has 1 atom stereocenters. The second-order valence-corrected chi connectivity index (χ2v) is 7.50. The van der Waals surface area contributed by atoms with Gasteiger partial charge in [0.25, 0.3) is 0 Å². The average molecular weight is 390 g/mol. The monoisotopic (exact) mass is 389 g/mol. The van der Waals surface area contributed by atoms with Gasteiger partial charge in [0.1, 0.15) is 11.5 Å². The third kappa shape index (κ3) is 4.37. The molecule has 0 bridgehead atoms. The molecule has 0 amide bonds. The maximum atomic E-state index is 11.3. The van der Waals surface area contributed by atoms with Crippen LogP contribution < -0.4 is 0 Å². The van der Waals surface area contributed by atoms with Crippen LogP contribution in [-0.2, 0) is 11.2 Å². The molecule has 0 saturated heterocycles. The summed E-state index contributed by atoms with van der Waals surface area (Å²) in [6.45, 7) is 3.85. The molecular weight excluding hydrogens is 366 g/mol. The number of hydrogen-bond donors (Lipinski definition) is 3. The first-order valence-electron chi connectivity index (χ1n) is 9.10. The van der Waals surface area contributed by atoms with Crippen molar-refractivity contribution in [2.75, 3.05) is 19.6 Å². The predicted molar refractivity (Wildman–Crippen MR) is 105 cm³/mol. The van der Waals surface area contributed by atoms with Gasteiger partial charge in [-0.1, -0.05) is 23.7 Å². The summed E-state index contributed by atoms with van der Waals surface area (Å²) < 4.78 is 0. The highest BCUT2D eigenvalue weighted by molar-refractivity contribution is 6.33. The van der Waals surface area contributed by atoms with Crippen LogP contribution in [0, 0.1) is 0 Å². The molecule has 3 rings (SSSR count). The number of aromatic hydroxyl groups is 3. The average Bonchev–Trinajstić information content (AvgIpc) is 2.80. The molecule has 27 heavy (non-hydrogen) atoms. The number of carbonyl (C=O) groups excluding carboxylic acids is 1. The lowest BCUT2D eigenvalue weighted by Crippen LogP contribution is -2.30. The number of phenolic OH excluding ortho intramolecular Hbond substituents is 3. The van der Waals surface area contributed by atoms with Gasteiger partial charge in [0, 0.05) is 25.4 Å². The van der Waals surface area contributed by atoms with E-state index >= 15 is 0 Å². The number of benzene rings is 2. The van der Waals surface area contributed by atoms with E-state index in [9.17, 15) is 20.1 Å². The van der Waals surface area contributed by atoms with Crippen LogP contribution in [0.15, 0.2) is 30.3 Å². The Bertz CT molecular complexity index is 835. The molecule has 1 heterocycles. The molecule has 0 aliphatic carbocycles. The van der Waals surface area contributed by atoms with E-state index in [1.54, 1.807) is 25.1 Å². The minimum atomic E-state index is -0.287. The van der Waals surface area contributed by atoms with E-state index in [-0.39, 0.29) is 34.0 Å². The molecule has 1 aliphatic rings. The zero-order chi connectivity index (χ0) is 19.6. The van der Waals surface area contributed by atoms with Gasteiger partial charge in [-0.25, -0.2) is 0 Å². The first kappa shape index (κ1) is 19.5. The van der Waals surface area contributed by atoms with E-state index in [1.165, 1.54) is 0 Å². The minimum Gasteiger partial charge on any atom is -0.508 e. The molecule has 2 aromatic rings. The molecule has 0 aromatic heterocycles. The Kier molecular flexibility index (Phi) is 5.92. The summed E-state index contributed by atoms with van der Waals surface area (Å²) in [4.78, 5) is 13.5. The fraction of sp³-hybridized carbons (Fsp3) is 0.381. The largest absolute Gasteiger partial charge is 0.508 e. The molecule has 1 aliphatic heterocycles. The maximum absolute atomic E-state index is 11.3. The molecule has 3 N–H and O–H groups in total. The molecule has 0 radical (unpaired) electrons. The second kappa shape index (κ2) is 8.19. The zero-order valence-electron chi connectivity index (χ0n) is 15.3. The Balaban J connectivity index is 1.97. The molecule has 6 heteroatoms. The van der Waals surface area contributed by atoms with Crippen LogP contribution in [0.25, 0.3) is 0 Å². The van der Waals surface area contributed by atoms with E-state index < -0.39 is 0 Å². The Morgan fingerprint density at radius 3 is 2.59 bits per heavy atom. The van der Waals surface area contributed by atoms with Crippen LogP contribution in [0.2, 0.25) is 5.02 Å². The number of hydrogen-bond acceptors (Lipinski definition) is 5. The van der Waals surface area contributed by atoms with Gasteiger partial charge in [0.2, 0.25) is 0 Å². The fourth-order valence-electron chi connectivity index (χ4n) is 3.71. The van der Waals surface area contributed by atoms with Crippen LogP contribution in [0.4, 0.5) is 0 Å². The summed E-state index contributed by atoms with van der Waals surface area (Å²) in [5.41, 5.74) is 2.71. The Labute approximate surface area is 163 Å². The van der Waals surface area contributed by atoms with E-state index in [0.717, 1.165) is 36.2 Å². The first-order valence-corrected chi connectivity index (χ1v) is 9.48. The fourth-order valence-corrected chi connectivity index (χ4v) is 4.01. The van der Waals surface area contributed by atoms with Gasteiger partial charge in [0.15, 0.2) is 11.5 Å². The number of phenols is 3. The lowest BCUT2D eigenvalue weighted by molar-refractivity contribution is -0.117. The van der Waals surface area contributed by atoms with Crippen LogP contribution in [0.3, 0.4) is 0 Å². The molecule has 0 saturated carbocycles. The quantitative estimate of drug-likeness (QED) is 0.677. The van der Waals surface area contributed by atoms with Crippen molar-refractivity contribution < 1.29 is 20.1 Å². The van der Waals surface area contributed by atoms with Crippen LogP contribution >= 0.6 is 11.6 Å². The summed E-state index contributed by atoms with van der Waals surface area (Å²) in [5, 5.41) is 30.0. The highest BCUT2D eigenvalue weighted by Crippen LogP contribution is 2.43. The maximum Gasteiger partial charge on any atom is 0.176 e. The highest BCUT2D eigenvalue weighted by atomic mass is 35.5. The molecule has 144 valence electrons. The van der Waals surface area contributed by atoms with Gasteiger partial charge < -0.3 is 25.0 Å². The summed E-state index contributed by atoms with van der Waals surface area (Å²) in [6.07, 6.45) is 1.99. The topological polar surface area (TPSA) is 81.0 Å². The number of ketones is 1. The number of fused-ring (bicyclic) bond motifs is 1. The number of rotatable bonds is 5. The highest BCUT2D eigenvalue weighted by Gasteiger charge is 2.28. The first-order chi connectivity index (χ1) is 12.9. The van der Waals surface area contributed by atoms with Crippen molar-refractivity contribution in [1.29, 1.82) is 0 Å². The number of nitrogens with zero attached hydrogens (tertiary/aromatic N) is 1. The van der Waals surface area contributed by atoms with Gasteiger partial charge in [-0.2, -0.15) is 0 Å². The summed E-state index contributed by atoms with van der Waals surface area (Å²) in [6, 6.07) is 8.60. The van der Waals surface area contributed by atoms with Crippen molar-refractivity contribution >= 4 is 17.4 Å². The summed E-state index contributed by atoms with van der Waals surface area (Å²) in [7, 11) is 0. The van der Waals surface area contributed by atoms with E-state index in [4.69, 9.17) is 11.6 Å². The van der Waals surface area contributed by atoms with Crippen LogP contribution in [0.5, 0.6) is 17.2 Å². The molecule has 0 spiro atoms. The second-order valence-electron chi connectivity index (χ2n) is 7.13. The Morgan fingerprint density at radius 1 is 1.22 bits per heavy atom. The Morgan fingerprint density at radius 2 is 1.93 bits per heavy atom. The number of carbonyl (C=O) groups is 1. The lowest BCUT2D eigenvalue weighted by Gasteiger charge is -2.25. The van der Waals surface area contributed by atoms with Crippen molar-refractivity contribution in [1.82, 2.24) is 4.90 Å². The predicted octanol–water partition coefficient (Wildman–Crippen LogP) is 3.82. The molecule has 5 nitrogen and oxygen atoms in total. The molecule has 0 fully saturated rings. The van der Waals surface area contributed by atoms with Crippen molar-refractivity contribution in [3.05, 3.63) is 52.0 Å². The van der Waals surface area contributed by atoms with Crippen LogP contribution in [-0.4, -0.2) is 45.6 Å². The third-order valence-electron chi connectivity index (χ3n) is 5.15. The van der Waals surface area contributed by atoms with Crippen LogP contribution in [0.1, 0.15) is 42.4 Å². The molecular formula is C21H24ClNO4. The third-order valence-corrected chi connectivity index (χ3v) is 5.56. The Hall–Kier alpha value is -2.24. The summed E-state index contributed by atoms with van der Waals surface area (Å²) in [5.74, 6) is -0.208. The van der Waals surface area contributed by atoms with Gasteiger partial charge in [-0.05, 0) is 61.2 Å².